The summed E-state index contributed by atoms with van der Waals surface area (Å²) >= 11 is 0. The summed E-state index contributed by atoms with van der Waals surface area (Å²) in [7, 11) is 0. The van der Waals surface area contributed by atoms with Gasteiger partial charge in [0.2, 0.25) is 0 Å². The second kappa shape index (κ2) is 12.7. The van der Waals surface area contributed by atoms with Gasteiger partial charge in [-0.3, -0.25) is 9.59 Å². The largest absolute Gasteiger partial charge is 0.460 e. The number of hydrogen-bond acceptors (Lipinski definition) is 6. The molecule has 0 saturated carbocycles. The first-order valence-corrected chi connectivity index (χ1v) is 11.0. The van der Waals surface area contributed by atoms with Crippen LogP contribution in [0.2, 0.25) is 0 Å². The third kappa shape index (κ3) is 10.8. The van der Waals surface area contributed by atoms with Crippen LogP contribution >= 0.6 is 0 Å². The number of carbonyl (C=O) groups excluding carboxylic acids is 3. The normalized spacial score (nSPS) is 12.0. The molecule has 2 aromatic carbocycles. The second-order valence-corrected chi connectivity index (χ2v) is 8.90. The van der Waals surface area contributed by atoms with Gasteiger partial charge in [0.1, 0.15) is 24.4 Å². The third-order valence-electron chi connectivity index (χ3n) is 4.64. The lowest BCUT2D eigenvalue weighted by atomic mass is 10.1. The van der Waals surface area contributed by atoms with Gasteiger partial charge in [-0.05, 0) is 38.3 Å². The first kappa shape index (κ1) is 26.1. The zero-order chi connectivity index (χ0) is 24.3. The quantitative estimate of drug-likeness (QED) is 0.402. The summed E-state index contributed by atoms with van der Waals surface area (Å²) in [5.41, 5.74) is 1.12. The molecule has 0 fully saturated rings. The third-order valence-corrected chi connectivity index (χ3v) is 4.64. The highest BCUT2D eigenvalue weighted by atomic mass is 16.6. The maximum atomic E-state index is 12.7. The van der Waals surface area contributed by atoms with Crippen LogP contribution in [0, 0.1) is 0 Å². The molecule has 0 saturated heterocycles. The van der Waals surface area contributed by atoms with E-state index >= 15 is 0 Å². The molecule has 0 aliphatic rings. The molecule has 33 heavy (non-hydrogen) atoms. The van der Waals surface area contributed by atoms with E-state index < -0.39 is 29.6 Å². The Morgan fingerprint density at radius 1 is 0.939 bits per heavy atom. The van der Waals surface area contributed by atoms with Crippen molar-refractivity contribution < 1.29 is 29.0 Å². The van der Waals surface area contributed by atoms with E-state index in [9.17, 15) is 19.5 Å². The maximum Gasteiger partial charge on any atom is 0.410 e. The number of aliphatic hydroxyl groups excluding tert-OH is 1. The van der Waals surface area contributed by atoms with Crippen LogP contribution in [0.4, 0.5) is 4.79 Å². The van der Waals surface area contributed by atoms with Gasteiger partial charge in [0, 0.05) is 19.5 Å². The Hall–Kier alpha value is -3.19. The number of rotatable bonds is 11. The molecule has 0 aliphatic heterocycles. The molecule has 7 nitrogen and oxygen atoms in total. The Morgan fingerprint density at radius 3 is 2.09 bits per heavy atom. The van der Waals surface area contributed by atoms with Crippen LogP contribution < -0.4 is 0 Å². The number of ketones is 1. The summed E-state index contributed by atoms with van der Waals surface area (Å²) in [5, 5.41) is 10.3. The fraction of sp³-hybridized carbons (Fsp3) is 0.423. The summed E-state index contributed by atoms with van der Waals surface area (Å²) in [5.74, 6) is -1.02. The zero-order valence-electron chi connectivity index (χ0n) is 19.5. The standard InChI is InChI=1S/C26H33NO6/c1-26(2,3)33-24(30)17-23(29)16-22(28)14-15-27(18-20-10-6-4-7-11-20)25(31)32-19-21-12-8-5-9-13-21/h4-13,22,28H,14-19H2,1-3H3/t22-/m1/s1. The number of amides is 1. The van der Waals surface area contributed by atoms with Gasteiger partial charge in [-0.1, -0.05) is 60.7 Å². The monoisotopic (exact) mass is 455 g/mol. The molecule has 1 amide bonds. The van der Waals surface area contributed by atoms with Gasteiger partial charge in [-0.25, -0.2) is 4.79 Å². The Bertz CT molecular complexity index is 892. The molecule has 178 valence electrons. The minimum Gasteiger partial charge on any atom is -0.460 e. The Kier molecular flexibility index (Phi) is 10.1. The molecule has 0 radical (unpaired) electrons. The summed E-state index contributed by atoms with van der Waals surface area (Å²) in [6.45, 7) is 5.83. The minimum absolute atomic E-state index is 0.141. The molecule has 0 aliphatic carbocycles. The minimum atomic E-state index is -0.986. The van der Waals surface area contributed by atoms with Crippen molar-refractivity contribution >= 4 is 17.8 Å². The molecule has 1 N–H and O–H groups in total. The first-order chi connectivity index (χ1) is 15.6. The van der Waals surface area contributed by atoms with E-state index in [4.69, 9.17) is 9.47 Å². The number of ether oxygens (including phenoxy) is 2. The highest BCUT2D eigenvalue weighted by molar-refractivity contribution is 5.95. The van der Waals surface area contributed by atoms with E-state index in [-0.39, 0.29) is 32.4 Å². The van der Waals surface area contributed by atoms with Gasteiger partial charge < -0.3 is 19.5 Å². The number of nitrogens with zero attached hydrogens (tertiary/aromatic N) is 1. The van der Waals surface area contributed by atoms with Crippen molar-refractivity contribution in [1.29, 1.82) is 0 Å². The topological polar surface area (TPSA) is 93.1 Å². The summed E-state index contributed by atoms with van der Waals surface area (Å²) < 4.78 is 10.6. The van der Waals surface area contributed by atoms with E-state index in [2.05, 4.69) is 0 Å². The van der Waals surface area contributed by atoms with Crippen LogP contribution in [-0.2, 0) is 32.2 Å². The zero-order valence-corrected chi connectivity index (χ0v) is 19.5. The highest BCUT2D eigenvalue weighted by Crippen LogP contribution is 2.13. The van der Waals surface area contributed by atoms with Crippen LogP contribution in [-0.4, -0.2) is 46.1 Å². The summed E-state index contributed by atoms with van der Waals surface area (Å²) in [6.07, 6.45) is -1.89. The molecule has 0 heterocycles. The molecule has 2 rings (SSSR count). The second-order valence-electron chi connectivity index (χ2n) is 8.90. The summed E-state index contributed by atoms with van der Waals surface area (Å²) in [6, 6.07) is 18.8. The number of benzene rings is 2. The van der Waals surface area contributed by atoms with E-state index in [1.807, 2.05) is 60.7 Å². The maximum absolute atomic E-state index is 12.7. The summed E-state index contributed by atoms with van der Waals surface area (Å²) in [4.78, 5) is 38.1. The lowest BCUT2D eigenvalue weighted by Crippen LogP contribution is -2.34. The number of aliphatic hydroxyl groups is 1. The highest BCUT2D eigenvalue weighted by Gasteiger charge is 2.22. The molecule has 0 aromatic heterocycles. The van der Waals surface area contributed by atoms with Gasteiger partial charge in [-0.2, -0.15) is 0 Å². The molecule has 0 bridgehead atoms. The lowest BCUT2D eigenvalue weighted by molar-refractivity contribution is -0.156. The van der Waals surface area contributed by atoms with Gasteiger partial charge in [0.25, 0.3) is 0 Å². The van der Waals surface area contributed by atoms with E-state index in [1.165, 1.54) is 4.90 Å². The average molecular weight is 456 g/mol. The van der Waals surface area contributed by atoms with Crippen LogP contribution in [0.15, 0.2) is 60.7 Å². The SMILES string of the molecule is CC(C)(C)OC(=O)CC(=O)C[C@H](O)CCN(Cc1ccccc1)C(=O)OCc1ccccc1. The van der Waals surface area contributed by atoms with Crippen LogP contribution in [0.25, 0.3) is 0 Å². The lowest BCUT2D eigenvalue weighted by Gasteiger charge is -2.23. The van der Waals surface area contributed by atoms with Crippen molar-refractivity contribution in [3.8, 4) is 0 Å². The Balaban J connectivity index is 1.90. The van der Waals surface area contributed by atoms with Crippen molar-refractivity contribution in [1.82, 2.24) is 4.90 Å². The predicted molar refractivity (Wildman–Crippen MR) is 124 cm³/mol. The van der Waals surface area contributed by atoms with E-state index in [1.54, 1.807) is 20.8 Å². The van der Waals surface area contributed by atoms with Gasteiger partial charge in [0.05, 0.1) is 6.10 Å². The van der Waals surface area contributed by atoms with Crippen molar-refractivity contribution in [2.24, 2.45) is 0 Å². The molecule has 1 atom stereocenters. The van der Waals surface area contributed by atoms with Gasteiger partial charge >= 0.3 is 12.1 Å². The van der Waals surface area contributed by atoms with Crippen LogP contribution in [0.5, 0.6) is 0 Å². The number of carbonyl (C=O) groups is 3. The number of Topliss-reactive ketones (excluding diaryl/α,β-unsaturated/α-hetero) is 1. The smallest absolute Gasteiger partial charge is 0.410 e. The van der Waals surface area contributed by atoms with Crippen LogP contribution in [0.1, 0.15) is 51.2 Å². The Morgan fingerprint density at radius 2 is 1.52 bits per heavy atom. The molecule has 0 unspecified atom stereocenters. The van der Waals surface area contributed by atoms with Crippen LogP contribution in [0.3, 0.4) is 0 Å². The predicted octanol–water partition coefficient (Wildman–Crippen LogP) is 4.27. The van der Waals surface area contributed by atoms with Gasteiger partial charge in [0.15, 0.2) is 0 Å². The van der Waals surface area contributed by atoms with Gasteiger partial charge in [-0.15, -0.1) is 0 Å². The molecular formula is C26H33NO6. The van der Waals surface area contributed by atoms with E-state index in [0.29, 0.717) is 6.54 Å². The number of hydrogen-bond donors (Lipinski definition) is 1. The molecule has 7 heteroatoms. The van der Waals surface area contributed by atoms with Crippen molar-refractivity contribution in [3.05, 3.63) is 71.8 Å². The van der Waals surface area contributed by atoms with E-state index in [0.717, 1.165) is 11.1 Å². The molecule has 2 aromatic rings. The fourth-order valence-electron chi connectivity index (χ4n) is 3.13. The first-order valence-electron chi connectivity index (χ1n) is 11.0. The van der Waals surface area contributed by atoms with Crippen molar-refractivity contribution in [3.63, 3.8) is 0 Å². The van der Waals surface area contributed by atoms with Crippen molar-refractivity contribution in [2.45, 2.75) is 64.9 Å². The molecular weight excluding hydrogens is 422 g/mol. The number of esters is 1. The molecule has 0 spiro atoms. The van der Waals surface area contributed by atoms with Crippen molar-refractivity contribution in [2.75, 3.05) is 6.54 Å². The fourth-order valence-corrected chi connectivity index (χ4v) is 3.13. The average Bonchev–Trinajstić information content (AvgIpc) is 2.74. The Labute approximate surface area is 195 Å².